The molecule has 0 aliphatic rings. The van der Waals surface area contributed by atoms with Crippen LogP contribution in [-0.4, -0.2) is 19.7 Å². The van der Waals surface area contributed by atoms with Gasteiger partial charge in [-0.25, -0.2) is 4.79 Å². The average molecular weight is 278 g/mol. The molecule has 0 heterocycles. The predicted octanol–water partition coefficient (Wildman–Crippen LogP) is 3.34. The van der Waals surface area contributed by atoms with E-state index in [1.165, 1.54) is 5.56 Å². The number of carbonyl (C=O) groups is 1. The lowest BCUT2D eigenvalue weighted by molar-refractivity contribution is 0.240. The Bertz CT molecular complexity index is 456. The molecule has 0 saturated carbocycles. The second kappa shape index (κ2) is 7.78. The molecule has 0 atom stereocenters. The monoisotopic (exact) mass is 278 g/mol. The number of urea groups is 1. The summed E-state index contributed by atoms with van der Waals surface area (Å²) in [7, 11) is 1.69. The van der Waals surface area contributed by atoms with E-state index < -0.39 is 0 Å². The molecule has 1 aromatic rings. The molecule has 0 aliphatic carbocycles. The zero-order valence-electron chi connectivity index (χ0n) is 13.2. The Morgan fingerprint density at radius 1 is 1.30 bits per heavy atom. The lowest BCUT2D eigenvalue weighted by atomic mass is 9.96. The fraction of sp³-hybridized carbons (Fsp3) is 0.562. The Hall–Kier alpha value is -1.71. The normalized spacial score (nSPS) is 10.5. The predicted molar refractivity (Wildman–Crippen MR) is 82.3 cm³/mol. The van der Waals surface area contributed by atoms with Crippen LogP contribution in [0.5, 0.6) is 5.75 Å². The van der Waals surface area contributed by atoms with Gasteiger partial charge in [0.1, 0.15) is 5.75 Å². The van der Waals surface area contributed by atoms with Crippen LogP contribution in [0.25, 0.3) is 0 Å². The van der Waals surface area contributed by atoms with Gasteiger partial charge in [0.05, 0.1) is 7.11 Å². The maximum Gasteiger partial charge on any atom is 0.315 e. The molecule has 0 aromatic heterocycles. The Morgan fingerprint density at radius 3 is 2.55 bits per heavy atom. The van der Waals surface area contributed by atoms with Gasteiger partial charge in [0.25, 0.3) is 0 Å². The fourth-order valence-corrected chi connectivity index (χ4v) is 2.04. The lowest BCUT2D eigenvalue weighted by Gasteiger charge is -2.16. The summed E-state index contributed by atoms with van der Waals surface area (Å²) in [5.41, 5.74) is 3.42. The van der Waals surface area contributed by atoms with Crippen molar-refractivity contribution in [3.63, 3.8) is 0 Å². The SMILES string of the molecule is CCCNC(=O)NCc1cc(C(C)C)c(OC)cc1C. The van der Waals surface area contributed by atoms with Crippen LogP contribution >= 0.6 is 0 Å². The smallest absolute Gasteiger partial charge is 0.315 e. The first-order valence-electron chi connectivity index (χ1n) is 7.18. The maximum absolute atomic E-state index is 11.6. The fourth-order valence-electron chi connectivity index (χ4n) is 2.04. The third-order valence-electron chi connectivity index (χ3n) is 3.29. The topological polar surface area (TPSA) is 50.4 Å². The van der Waals surface area contributed by atoms with E-state index in [1.807, 2.05) is 19.9 Å². The van der Waals surface area contributed by atoms with Crippen LogP contribution in [0.4, 0.5) is 4.79 Å². The second-order valence-electron chi connectivity index (χ2n) is 5.28. The highest BCUT2D eigenvalue weighted by molar-refractivity contribution is 5.73. The number of ether oxygens (including phenoxy) is 1. The summed E-state index contributed by atoms with van der Waals surface area (Å²) >= 11 is 0. The number of rotatable bonds is 6. The third-order valence-corrected chi connectivity index (χ3v) is 3.29. The van der Waals surface area contributed by atoms with E-state index in [0.29, 0.717) is 19.0 Å². The van der Waals surface area contributed by atoms with Crippen LogP contribution in [-0.2, 0) is 6.54 Å². The van der Waals surface area contributed by atoms with Gasteiger partial charge in [0.15, 0.2) is 0 Å². The molecule has 0 unspecified atom stereocenters. The van der Waals surface area contributed by atoms with E-state index in [4.69, 9.17) is 4.74 Å². The average Bonchev–Trinajstić information content (AvgIpc) is 2.42. The summed E-state index contributed by atoms with van der Waals surface area (Å²) in [6.07, 6.45) is 0.937. The Balaban J connectivity index is 2.80. The molecule has 2 amide bonds. The van der Waals surface area contributed by atoms with Gasteiger partial charge in [-0.2, -0.15) is 0 Å². The van der Waals surface area contributed by atoms with Gasteiger partial charge < -0.3 is 15.4 Å². The van der Waals surface area contributed by atoms with Crippen LogP contribution in [0.2, 0.25) is 0 Å². The molecule has 2 N–H and O–H groups in total. The minimum absolute atomic E-state index is 0.117. The van der Waals surface area contributed by atoms with Crippen molar-refractivity contribution in [2.45, 2.75) is 46.6 Å². The Morgan fingerprint density at radius 2 is 2.00 bits per heavy atom. The van der Waals surface area contributed by atoms with Crippen molar-refractivity contribution >= 4 is 6.03 Å². The zero-order chi connectivity index (χ0) is 15.1. The molecule has 0 spiro atoms. The molecule has 1 aromatic carbocycles. The van der Waals surface area contributed by atoms with Crippen molar-refractivity contribution in [1.82, 2.24) is 10.6 Å². The maximum atomic E-state index is 11.6. The van der Waals surface area contributed by atoms with Gasteiger partial charge in [-0.3, -0.25) is 0 Å². The number of amides is 2. The summed E-state index contributed by atoms with van der Waals surface area (Å²) in [6, 6.07) is 4.04. The Labute approximate surface area is 121 Å². The molecule has 112 valence electrons. The highest BCUT2D eigenvalue weighted by Gasteiger charge is 2.11. The molecule has 0 fully saturated rings. The largest absolute Gasteiger partial charge is 0.496 e. The standard InChI is InChI=1S/C16H26N2O2/c1-6-7-17-16(19)18-10-13-9-14(11(2)3)15(20-5)8-12(13)4/h8-9,11H,6-7,10H2,1-5H3,(H2,17,18,19). The number of benzene rings is 1. The first-order valence-corrected chi connectivity index (χ1v) is 7.18. The number of nitrogens with one attached hydrogen (secondary N) is 2. The van der Waals surface area contributed by atoms with Gasteiger partial charge >= 0.3 is 6.03 Å². The van der Waals surface area contributed by atoms with Gasteiger partial charge in [0, 0.05) is 13.1 Å². The van der Waals surface area contributed by atoms with E-state index >= 15 is 0 Å². The van der Waals surface area contributed by atoms with E-state index in [1.54, 1.807) is 7.11 Å². The van der Waals surface area contributed by atoms with Crippen LogP contribution in [0.15, 0.2) is 12.1 Å². The molecular formula is C16H26N2O2. The summed E-state index contributed by atoms with van der Waals surface area (Å²) in [5.74, 6) is 1.30. The molecule has 0 radical (unpaired) electrons. The number of methoxy groups -OCH3 is 1. The first-order chi connectivity index (χ1) is 9.49. The number of hydrogen-bond donors (Lipinski definition) is 2. The van der Waals surface area contributed by atoms with Gasteiger partial charge in [-0.05, 0) is 48.1 Å². The minimum Gasteiger partial charge on any atom is -0.496 e. The Kier molecular flexibility index (Phi) is 6.36. The molecule has 1 rings (SSSR count). The van der Waals surface area contributed by atoms with Crippen LogP contribution in [0.3, 0.4) is 0 Å². The van der Waals surface area contributed by atoms with Crippen LogP contribution in [0.1, 0.15) is 49.8 Å². The summed E-state index contributed by atoms with van der Waals surface area (Å²) in [5, 5.41) is 5.69. The van der Waals surface area contributed by atoms with Crippen molar-refractivity contribution in [1.29, 1.82) is 0 Å². The number of aryl methyl sites for hydroxylation is 1. The van der Waals surface area contributed by atoms with Crippen molar-refractivity contribution in [3.8, 4) is 5.75 Å². The second-order valence-corrected chi connectivity index (χ2v) is 5.28. The van der Waals surface area contributed by atoms with Gasteiger partial charge in [0.2, 0.25) is 0 Å². The highest BCUT2D eigenvalue weighted by Crippen LogP contribution is 2.29. The summed E-state index contributed by atoms with van der Waals surface area (Å²) < 4.78 is 5.42. The van der Waals surface area contributed by atoms with Crippen molar-refractivity contribution in [2.75, 3.05) is 13.7 Å². The molecule has 0 aliphatic heterocycles. The van der Waals surface area contributed by atoms with Crippen LogP contribution in [0, 0.1) is 6.92 Å². The molecular weight excluding hydrogens is 252 g/mol. The van der Waals surface area contributed by atoms with Gasteiger partial charge in [-0.1, -0.05) is 20.8 Å². The molecule has 0 saturated heterocycles. The van der Waals surface area contributed by atoms with Crippen molar-refractivity contribution < 1.29 is 9.53 Å². The van der Waals surface area contributed by atoms with E-state index in [2.05, 4.69) is 30.5 Å². The van der Waals surface area contributed by atoms with Crippen LogP contribution < -0.4 is 15.4 Å². The highest BCUT2D eigenvalue weighted by atomic mass is 16.5. The zero-order valence-corrected chi connectivity index (χ0v) is 13.2. The summed E-state index contributed by atoms with van der Waals surface area (Å²) in [6.45, 7) is 9.57. The first kappa shape index (κ1) is 16.3. The number of hydrogen-bond acceptors (Lipinski definition) is 2. The molecule has 20 heavy (non-hydrogen) atoms. The summed E-state index contributed by atoms with van der Waals surface area (Å²) in [4.78, 5) is 11.6. The third kappa shape index (κ3) is 4.44. The van der Waals surface area contributed by atoms with E-state index in [9.17, 15) is 4.79 Å². The number of carbonyl (C=O) groups excluding carboxylic acids is 1. The minimum atomic E-state index is -0.117. The molecule has 0 bridgehead atoms. The van der Waals surface area contributed by atoms with Crippen molar-refractivity contribution in [3.05, 3.63) is 28.8 Å². The van der Waals surface area contributed by atoms with Gasteiger partial charge in [-0.15, -0.1) is 0 Å². The van der Waals surface area contributed by atoms with Crippen molar-refractivity contribution in [2.24, 2.45) is 0 Å². The van der Waals surface area contributed by atoms with E-state index in [0.717, 1.165) is 23.3 Å². The van der Waals surface area contributed by atoms with E-state index in [-0.39, 0.29) is 6.03 Å². The molecule has 4 heteroatoms. The quantitative estimate of drug-likeness (QED) is 0.838. The molecule has 4 nitrogen and oxygen atoms in total. The lowest BCUT2D eigenvalue weighted by Crippen LogP contribution is -2.35.